The van der Waals surface area contributed by atoms with Gasteiger partial charge in [-0.3, -0.25) is 4.79 Å². The van der Waals surface area contributed by atoms with Crippen LogP contribution in [0.4, 0.5) is 0 Å². The lowest BCUT2D eigenvalue weighted by Gasteiger charge is -2.23. The number of benzene rings is 1. The predicted molar refractivity (Wildman–Crippen MR) is 135 cm³/mol. The van der Waals surface area contributed by atoms with Crippen LogP contribution in [0, 0.1) is 6.92 Å². The number of hydrogen-bond acceptors (Lipinski definition) is 4. The number of carbonyl (C=O) groups is 1. The lowest BCUT2D eigenvalue weighted by atomic mass is 10.1. The minimum Gasteiger partial charge on any atom is -0.488 e. The van der Waals surface area contributed by atoms with Crippen molar-refractivity contribution in [3.8, 4) is 5.75 Å². The largest absolute Gasteiger partial charge is 0.488 e. The molecule has 0 fully saturated rings. The molecule has 0 saturated carbocycles. The molecule has 0 atom stereocenters. The number of hydrogen-bond donors (Lipinski definition) is 3. The van der Waals surface area contributed by atoms with E-state index < -0.39 is 0 Å². The third-order valence-corrected chi connectivity index (χ3v) is 4.14. The van der Waals surface area contributed by atoms with E-state index >= 15 is 0 Å². The molecule has 0 aliphatic rings. The number of para-hydroxylation sites is 1. The number of halogens is 1. The highest BCUT2D eigenvalue weighted by molar-refractivity contribution is 14.0. The average Bonchev–Trinajstić information content (AvgIpc) is 3.11. The number of rotatable bonds is 9. The van der Waals surface area contributed by atoms with E-state index in [-0.39, 0.29) is 35.5 Å². The highest BCUT2D eigenvalue weighted by Crippen LogP contribution is 2.23. The van der Waals surface area contributed by atoms with Crippen molar-refractivity contribution in [3.63, 3.8) is 0 Å². The van der Waals surface area contributed by atoms with Gasteiger partial charge in [-0.15, -0.1) is 24.0 Å². The van der Waals surface area contributed by atoms with Crippen LogP contribution in [0.25, 0.3) is 0 Å². The SMILES string of the molecule is CCNC(=NCc1ccccc1OC(C)(C)C)NCCCNC(=O)c1occc1C.I. The van der Waals surface area contributed by atoms with Gasteiger partial charge in [-0.05, 0) is 53.2 Å². The van der Waals surface area contributed by atoms with E-state index in [2.05, 4.69) is 20.9 Å². The van der Waals surface area contributed by atoms with Gasteiger partial charge in [-0.1, -0.05) is 18.2 Å². The van der Waals surface area contributed by atoms with Crippen molar-refractivity contribution in [3.05, 3.63) is 53.5 Å². The van der Waals surface area contributed by atoms with Crippen molar-refractivity contribution < 1.29 is 13.9 Å². The van der Waals surface area contributed by atoms with Crippen LogP contribution in [-0.4, -0.2) is 37.1 Å². The second-order valence-electron chi connectivity index (χ2n) is 7.99. The highest BCUT2D eigenvalue weighted by Gasteiger charge is 2.14. The summed E-state index contributed by atoms with van der Waals surface area (Å²) in [6, 6.07) is 9.74. The third-order valence-electron chi connectivity index (χ3n) is 4.14. The van der Waals surface area contributed by atoms with Crippen LogP contribution in [0.1, 0.15) is 55.8 Å². The van der Waals surface area contributed by atoms with Crippen LogP contribution in [0.2, 0.25) is 0 Å². The molecule has 1 heterocycles. The molecular formula is C23H35IN4O3. The first-order valence-electron chi connectivity index (χ1n) is 10.4. The molecule has 0 bridgehead atoms. The second kappa shape index (κ2) is 13.2. The number of carbonyl (C=O) groups excluding carboxylic acids is 1. The Kier molecular flexibility index (Phi) is 11.4. The van der Waals surface area contributed by atoms with E-state index in [9.17, 15) is 4.79 Å². The van der Waals surface area contributed by atoms with Crippen molar-refractivity contribution in [2.75, 3.05) is 19.6 Å². The zero-order valence-electron chi connectivity index (χ0n) is 19.1. The van der Waals surface area contributed by atoms with Crippen molar-refractivity contribution in [2.45, 2.75) is 53.2 Å². The Morgan fingerprint density at radius 1 is 1.10 bits per heavy atom. The van der Waals surface area contributed by atoms with E-state index in [4.69, 9.17) is 9.15 Å². The summed E-state index contributed by atoms with van der Waals surface area (Å²) in [5.74, 6) is 1.76. The topological polar surface area (TPSA) is 87.9 Å². The van der Waals surface area contributed by atoms with Crippen LogP contribution in [0.3, 0.4) is 0 Å². The average molecular weight is 542 g/mol. The Bertz CT molecular complexity index is 843. The van der Waals surface area contributed by atoms with Crippen LogP contribution in [0.15, 0.2) is 46.0 Å². The molecule has 3 N–H and O–H groups in total. The number of furan rings is 1. The fraction of sp³-hybridized carbons (Fsp3) is 0.478. The smallest absolute Gasteiger partial charge is 0.287 e. The summed E-state index contributed by atoms with van der Waals surface area (Å²) < 4.78 is 11.2. The van der Waals surface area contributed by atoms with Crippen molar-refractivity contribution in [1.29, 1.82) is 0 Å². The van der Waals surface area contributed by atoms with E-state index in [0.717, 1.165) is 35.8 Å². The second-order valence-corrected chi connectivity index (χ2v) is 7.99. The molecule has 0 unspecified atom stereocenters. The van der Waals surface area contributed by atoms with Gasteiger partial charge in [0.25, 0.3) is 5.91 Å². The van der Waals surface area contributed by atoms with Crippen LogP contribution in [-0.2, 0) is 6.54 Å². The monoisotopic (exact) mass is 542 g/mol. The molecule has 1 amide bonds. The van der Waals surface area contributed by atoms with Crippen molar-refractivity contribution >= 4 is 35.8 Å². The van der Waals surface area contributed by atoms with Crippen LogP contribution >= 0.6 is 24.0 Å². The summed E-state index contributed by atoms with van der Waals surface area (Å²) in [7, 11) is 0. The molecule has 0 aliphatic heterocycles. The Morgan fingerprint density at radius 2 is 1.81 bits per heavy atom. The maximum atomic E-state index is 12.0. The van der Waals surface area contributed by atoms with Gasteiger partial charge in [-0.25, -0.2) is 4.99 Å². The highest BCUT2D eigenvalue weighted by atomic mass is 127. The third kappa shape index (κ3) is 9.63. The quantitative estimate of drug-likeness (QED) is 0.191. The van der Waals surface area contributed by atoms with E-state index in [1.165, 1.54) is 6.26 Å². The van der Waals surface area contributed by atoms with Gasteiger partial charge in [0, 0.05) is 30.8 Å². The molecular weight excluding hydrogens is 507 g/mol. The van der Waals surface area contributed by atoms with E-state index in [1.807, 2.05) is 58.9 Å². The standard InChI is InChI=1S/C23H34N4O3.HI/c1-6-24-22(26-14-9-13-25-21(28)20-17(2)12-15-29-20)27-16-18-10-7-8-11-19(18)30-23(3,4)5;/h7-8,10-12,15H,6,9,13-14,16H2,1-5H3,(H,25,28)(H2,24,26,27);1H. The van der Waals surface area contributed by atoms with Gasteiger partial charge in [0.1, 0.15) is 11.4 Å². The summed E-state index contributed by atoms with van der Waals surface area (Å²) in [5.41, 5.74) is 1.61. The van der Waals surface area contributed by atoms with Crippen molar-refractivity contribution in [2.24, 2.45) is 4.99 Å². The summed E-state index contributed by atoms with van der Waals surface area (Å²) in [6.45, 7) is 12.5. The molecule has 7 nitrogen and oxygen atoms in total. The van der Waals surface area contributed by atoms with Crippen LogP contribution in [0.5, 0.6) is 5.75 Å². The first-order valence-corrected chi connectivity index (χ1v) is 10.4. The number of nitrogens with one attached hydrogen (secondary N) is 3. The molecule has 172 valence electrons. The number of aliphatic imine (C=N–C) groups is 1. The van der Waals surface area contributed by atoms with Gasteiger partial charge < -0.3 is 25.1 Å². The molecule has 2 aromatic rings. The molecule has 0 spiro atoms. The molecule has 1 aromatic heterocycles. The fourth-order valence-corrected chi connectivity index (χ4v) is 2.75. The number of guanidine groups is 1. The van der Waals surface area contributed by atoms with Gasteiger partial charge in [0.15, 0.2) is 11.7 Å². The zero-order valence-corrected chi connectivity index (χ0v) is 21.4. The summed E-state index contributed by atoms with van der Waals surface area (Å²) in [6.07, 6.45) is 2.29. The van der Waals surface area contributed by atoms with Gasteiger partial charge >= 0.3 is 0 Å². The summed E-state index contributed by atoms with van der Waals surface area (Å²) in [5, 5.41) is 9.42. The molecule has 1 aromatic carbocycles. The minimum absolute atomic E-state index is 0. The van der Waals surface area contributed by atoms with Gasteiger partial charge in [-0.2, -0.15) is 0 Å². The normalized spacial score (nSPS) is 11.5. The molecule has 31 heavy (non-hydrogen) atoms. The maximum absolute atomic E-state index is 12.0. The lowest BCUT2D eigenvalue weighted by Crippen LogP contribution is -2.38. The predicted octanol–water partition coefficient (Wildman–Crippen LogP) is 4.26. The number of aryl methyl sites for hydroxylation is 1. The van der Waals surface area contributed by atoms with Crippen LogP contribution < -0.4 is 20.7 Å². The van der Waals surface area contributed by atoms with E-state index in [1.54, 1.807) is 6.07 Å². The molecule has 0 aliphatic carbocycles. The fourth-order valence-electron chi connectivity index (χ4n) is 2.75. The van der Waals surface area contributed by atoms with Crippen molar-refractivity contribution in [1.82, 2.24) is 16.0 Å². The number of ether oxygens (including phenoxy) is 1. The Hall–Kier alpha value is -2.23. The van der Waals surface area contributed by atoms with Gasteiger partial charge in [0.05, 0.1) is 12.8 Å². The molecule has 0 radical (unpaired) electrons. The molecule has 0 saturated heterocycles. The Morgan fingerprint density at radius 3 is 2.45 bits per heavy atom. The summed E-state index contributed by atoms with van der Waals surface area (Å²) >= 11 is 0. The molecule has 8 heteroatoms. The number of nitrogens with zero attached hydrogens (tertiary/aromatic N) is 1. The Labute approximate surface area is 202 Å². The minimum atomic E-state index is -0.263. The number of amides is 1. The Balaban J connectivity index is 0.00000480. The maximum Gasteiger partial charge on any atom is 0.287 e. The summed E-state index contributed by atoms with van der Waals surface area (Å²) in [4.78, 5) is 16.7. The first kappa shape index (κ1) is 26.8. The zero-order chi connectivity index (χ0) is 22.0. The first-order chi connectivity index (χ1) is 14.3. The van der Waals surface area contributed by atoms with Gasteiger partial charge in [0.2, 0.25) is 0 Å². The lowest BCUT2D eigenvalue weighted by molar-refractivity contribution is 0.0924. The molecule has 2 rings (SSSR count). The van der Waals surface area contributed by atoms with E-state index in [0.29, 0.717) is 25.4 Å².